The van der Waals surface area contributed by atoms with Crippen molar-refractivity contribution in [3.8, 4) is 17.4 Å². The van der Waals surface area contributed by atoms with E-state index in [1.165, 1.54) is 22.3 Å². The fourth-order valence-electron chi connectivity index (χ4n) is 3.81. The Morgan fingerprint density at radius 2 is 2.03 bits per heavy atom. The zero-order valence-electron chi connectivity index (χ0n) is 17.9. The van der Waals surface area contributed by atoms with Crippen LogP contribution in [0.15, 0.2) is 52.5 Å². The maximum absolute atomic E-state index is 12.7. The Balaban J connectivity index is 1.48. The van der Waals surface area contributed by atoms with E-state index in [2.05, 4.69) is 31.1 Å². The van der Waals surface area contributed by atoms with E-state index < -0.39 is 5.91 Å². The molecule has 1 aliphatic carbocycles. The van der Waals surface area contributed by atoms with Crippen LogP contribution in [0, 0.1) is 22.7 Å². The molecule has 0 unspecified atom stereocenters. The van der Waals surface area contributed by atoms with E-state index in [-0.39, 0.29) is 11.0 Å². The second-order valence-corrected chi connectivity index (χ2v) is 9.97. The van der Waals surface area contributed by atoms with Crippen LogP contribution in [0.25, 0.3) is 17.4 Å². The zero-order chi connectivity index (χ0) is 22.0. The Kier molecular flexibility index (Phi) is 5.79. The molecule has 1 atom stereocenters. The van der Waals surface area contributed by atoms with Crippen LogP contribution in [0.1, 0.15) is 43.5 Å². The molecule has 5 nitrogen and oxygen atoms in total. The summed E-state index contributed by atoms with van der Waals surface area (Å²) >= 11 is 1.52. The highest BCUT2D eigenvalue weighted by atomic mass is 32.1. The van der Waals surface area contributed by atoms with E-state index in [1.807, 2.05) is 42.5 Å². The van der Waals surface area contributed by atoms with Crippen molar-refractivity contribution in [1.82, 2.24) is 4.98 Å². The molecule has 3 aromatic rings. The number of anilines is 1. The number of aryl methyl sites for hydroxylation is 1. The molecule has 6 heteroatoms. The number of rotatable bonds is 4. The number of thiazole rings is 1. The third kappa shape index (κ3) is 4.78. The fourth-order valence-corrected chi connectivity index (χ4v) is 4.89. The van der Waals surface area contributed by atoms with Gasteiger partial charge in [0.05, 0.1) is 5.69 Å². The minimum atomic E-state index is -0.473. The number of carbonyl (C=O) groups is 1. The van der Waals surface area contributed by atoms with Crippen LogP contribution < -0.4 is 5.32 Å². The monoisotopic (exact) mass is 431 g/mol. The highest BCUT2D eigenvalue weighted by Crippen LogP contribution is 2.40. The Labute approximate surface area is 186 Å². The Morgan fingerprint density at radius 1 is 1.26 bits per heavy atom. The number of nitrogens with zero attached hydrogens (tertiary/aromatic N) is 2. The van der Waals surface area contributed by atoms with Gasteiger partial charge in [-0.3, -0.25) is 10.1 Å². The Hall–Kier alpha value is -3.17. The molecular formula is C25H25N3O2S. The van der Waals surface area contributed by atoms with Crippen LogP contribution in [0.2, 0.25) is 0 Å². The number of aromatic nitrogens is 1. The Morgan fingerprint density at radius 3 is 2.74 bits per heavy atom. The fraction of sp³-hybridized carbons (Fsp3) is 0.320. The second kappa shape index (κ2) is 8.52. The highest BCUT2D eigenvalue weighted by molar-refractivity contribution is 7.15. The molecule has 2 heterocycles. The number of amides is 1. The average Bonchev–Trinajstić information content (AvgIpc) is 3.37. The van der Waals surface area contributed by atoms with Crippen LogP contribution >= 0.6 is 11.3 Å². The molecule has 1 N–H and O–H groups in total. The van der Waals surface area contributed by atoms with Gasteiger partial charge in [0, 0.05) is 16.5 Å². The number of fused-ring (bicyclic) bond motifs is 1. The summed E-state index contributed by atoms with van der Waals surface area (Å²) in [5, 5.41) is 12.9. The average molecular weight is 432 g/mol. The standard InChI is InChI=1S/C25H25N3O2S/c1-25(2,3)18-9-11-20-22(14-18)31-24(27-20)28-23(29)17(15-26)13-19-10-12-21(30-19)16-7-5-4-6-8-16/h4-8,10,12-13,18H,9,11,14H2,1-3H3,(H,27,28,29)/b17-13+/t18-/m1/s1. The van der Waals surface area contributed by atoms with Crippen molar-refractivity contribution in [2.75, 3.05) is 5.32 Å². The molecule has 0 saturated carbocycles. The molecular weight excluding hydrogens is 406 g/mol. The van der Waals surface area contributed by atoms with E-state index in [0.717, 1.165) is 30.5 Å². The normalized spacial score (nSPS) is 16.5. The van der Waals surface area contributed by atoms with Gasteiger partial charge in [-0.2, -0.15) is 5.26 Å². The number of hydrogen-bond acceptors (Lipinski definition) is 5. The van der Waals surface area contributed by atoms with E-state index in [4.69, 9.17) is 4.42 Å². The van der Waals surface area contributed by atoms with Gasteiger partial charge in [0.15, 0.2) is 5.13 Å². The van der Waals surface area contributed by atoms with Gasteiger partial charge >= 0.3 is 0 Å². The lowest BCUT2D eigenvalue weighted by molar-refractivity contribution is -0.112. The topological polar surface area (TPSA) is 78.9 Å². The molecule has 31 heavy (non-hydrogen) atoms. The maximum Gasteiger partial charge on any atom is 0.268 e. The van der Waals surface area contributed by atoms with Crippen LogP contribution in [-0.4, -0.2) is 10.9 Å². The van der Waals surface area contributed by atoms with Gasteiger partial charge in [0.2, 0.25) is 0 Å². The molecule has 4 rings (SSSR count). The molecule has 0 radical (unpaired) electrons. The first-order valence-electron chi connectivity index (χ1n) is 10.4. The zero-order valence-corrected chi connectivity index (χ0v) is 18.8. The van der Waals surface area contributed by atoms with E-state index >= 15 is 0 Å². The first-order chi connectivity index (χ1) is 14.8. The van der Waals surface area contributed by atoms with Crippen LogP contribution in [0.4, 0.5) is 5.13 Å². The second-order valence-electron chi connectivity index (χ2n) is 8.89. The van der Waals surface area contributed by atoms with Crippen molar-refractivity contribution in [1.29, 1.82) is 5.26 Å². The van der Waals surface area contributed by atoms with Crippen molar-refractivity contribution >= 4 is 28.5 Å². The molecule has 0 fully saturated rings. The van der Waals surface area contributed by atoms with Crippen molar-refractivity contribution in [2.24, 2.45) is 11.3 Å². The number of nitrogens with one attached hydrogen (secondary N) is 1. The summed E-state index contributed by atoms with van der Waals surface area (Å²) < 4.78 is 5.79. The summed E-state index contributed by atoms with van der Waals surface area (Å²) in [7, 11) is 0. The molecule has 1 aromatic carbocycles. The molecule has 1 amide bonds. The molecule has 2 aromatic heterocycles. The van der Waals surface area contributed by atoms with Gasteiger partial charge in [-0.15, -0.1) is 11.3 Å². The predicted molar refractivity (Wildman–Crippen MR) is 123 cm³/mol. The van der Waals surface area contributed by atoms with Crippen LogP contribution in [0.5, 0.6) is 0 Å². The van der Waals surface area contributed by atoms with Gasteiger partial charge in [-0.25, -0.2) is 4.98 Å². The van der Waals surface area contributed by atoms with Gasteiger partial charge in [0.1, 0.15) is 23.2 Å². The van der Waals surface area contributed by atoms with Gasteiger partial charge in [-0.05, 0) is 42.7 Å². The summed E-state index contributed by atoms with van der Waals surface area (Å²) in [6, 6.07) is 15.2. The lowest BCUT2D eigenvalue weighted by Gasteiger charge is -2.33. The van der Waals surface area contributed by atoms with E-state index in [9.17, 15) is 10.1 Å². The number of nitriles is 1. The highest BCUT2D eigenvalue weighted by Gasteiger charge is 2.31. The summed E-state index contributed by atoms with van der Waals surface area (Å²) in [5.74, 6) is 1.28. The third-order valence-corrected chi connectivity index (χ3v) is 6.76. The summed E-state index contributed by atoms with van der Waals surface area (Å²) in [6.45, 7) is 6.82. The SMILES string of the molecule is CC(C)(C)[C@@H]1CCc2nc(NC(=O)/C(C#N)=C/c3ccc(-c4ccccc4)o3)sc2C1. The first-order valence-corrected chi connectivity index (χ1v) is 11.2. The Bertz CT molecular complexity index is 1160. The third-order valence-electron chi connectivity index (χ3n) is 5.72. The van der Waals surface area contributed by atoms with Gasteiger partial charge in [-0.1, -0.05) is 51.1 Å². The molecule has 0 bridgehead atoms. The van der Waals surface area contributed by atoms with E-state index in [0.29, 0.717) is 22.6 Å². The smallest absolute Gasteiger partial charge is 0.268 e. The van der Waals surface area contributed by atoms with Crippen molar-refractivity contribution < 1.29 is 9.21 Å². The van der Waals surface area contributed by atoms with Crippen molar-refractivity contribution in [3.05, 3.63) is 64.4 Å². The largest absolute Gasteiger partial charge is 0.457 e. The molecule has 158 valence electrons. The predicted octanol–water partition coefficient (Wildman–Crippen LogP) is 6.10. The summed E-state index contributed by atoms with van der Waals surface area (Å²) in [5.41, 5.74) is 2.24. The van der Waals surface area contributed by atoms with Gasteiger partial charge in [0.25, 0.3) is 5.91 Å². The van der Waals surface area contributed by atoms with Crippen LogP contribution in [0.3, 0.4) is 0 Å². The number of hydrogen-bond donors (Lipinski definition) is 1. The lowest BCUT2D eigenvalue weighted by atomic mass is 9.73. The molecule has 0 spiro atoms. The summed E-state index contributed by atoms with van der Waals surface area (Å²) in [4.78, 5) is 18.5. The number of carbonyl (C=O) groups excluding carboxylic acids is 1. The maximum atomic E-state index is 12.7. The first kappa shape index (κ1) is 21.1. The quantitative estimate of drug-likeness (QED) is 0.400. The number of furan rings is 1. The van der Waals surface area contributed by atoms with Gasteiger partial charge < -0.3 is 4.42 Å². The summed E-state index contributed by atoms with van der Waals surface area (Å²) in [6.07, 6.45) is 4.49. The molecule has 1 aliphatic rings. The van der Waals surface area contributed by atoms with E-state index in [1.54, 1.807) is 6.07 Å². The van der Waals surface area contributed by atoms with Crippen molar-refractivity contribution in [3.63, 3.8) is 0 Å². The number of benzene rings is 1. The van der Waals surface area contributed by atoms with Crippen LogP contribution in [-0.2, 0) is 17.6 Å². The minimum Gasteiger partial charge on any atom is -0.457 e. The van der Waals surface area contributed by atoms with Crippen molar-refractivity contribution in [2.45, 2.75) is 40.0 Å². The minimum absolute atomic E-state index is 0.0188. The molecule has 0 aliphatic heterocycles. The lowest BCUT2D eigenvalue weighted by Crippen LogP contribution is -2.26. The molecule has 0 saturated heterocycles.